The van der Waals surface area contributed by atoms with Crippen LogP contribution in [0.2, 0.25) is 0 Å². The second kappa shape index (κ2) is 7.80. The molecule has 2 aromatic carbocycles. The highest BCUT2D eigenvalue weighted by Crippen LogP contribution is 2.40. The molecule has 1 aromatic heterocycles. The summed E-state index contributed by atoms with van der Waals surface area (Å²) in [6, 6.07) is 9.81. The van der Waals surface area contributed by atoms with Gasteiger partial charge in [-0.3, -0.25) is 4.98 Å². The predicted molar refractivity (Wildman–Crippen MR) is 112 cm³/mol. The lowest BCUT2D eigenvalue weighted by molar-refractivity contribution is 0.0698. The smallest absolute Gasteiger partial charge is 0.337 e. The number of aryl methyl sites for hydroxylation is 1. The number of hydrogen-bond donors (Lipinski definition) is 2. The van der Waals surface area contributed by atoms with E-state index >= 15 is 0 Å². The molecule has 0 spiro atoms. The molecule has 2 heterocycles. The first-order valence-corrected chi connectivity index (χ1v) is 10.5. The quantitative estimate of drug-likeness (QED) is 0.589. The molecule has 6 heteroatoms. The molecule has 0 atom stereocenters. The lowest BCUT2D eigenvalue weighted by atomic mass is 9.91. The molecule has 0 amide bonds. The molecule has 3 aromatic rings. The van der Waals surface area contributed by atoms with Gasteiger partial charge in [0.05, 0.1) is 22.5 Å². The Bertz CT molecular complexity index is 1050. The molecule has 4 nitrogen and oxygen atoms in total. The Balaban J connectivity index is 1.88. The second-order valence-electron chi connectivity index (χ2n) is 7.12. The number of fused-ring (bicyclic) bond motifs is 1. The second-order valence-corrected chi connectivity index (χ2v) is 8.34. The van der Waals surface area contributed by atoms with Gasteiger partial charge in [0.2, 0.25) is 0 Å². The minimum Gasteiger partial charge on any atom is -0.478 e. The number of anilines is 2. The predicted octanol–water partition coefficient (Wildman–Crippen LogP) is 5.73. The average Bonchev–Trinajstić information content (AvgIpc) is 2.70. The van der Waals surface area contributed by atoms with Gasteiger partial charge in [0.1, 0.15) is 5.82 Å². The van der Waals surface area contributed by atoms with E-state index in [2.05, 4.69) is 10.3 Å². The SMILES string of the molecule is Cc1ccc(Nc2c(C3CCSCC3)cnc3ccc(F)cc23)c(C(=O)O)c1. The van der Waals surface area contributed by atoms with Crippen LogP contribution in [-0.4, -0.2) is 27.6 Å². The van der Waals surface area contributed by atoms with Crippen molar-refractivity contribution in [3.05, 3.63) is 65.1 Å². The highest BCUT2D eigenvalue weighted by atomic mass is 32.2. The monoisotopic (exact) mass is 396 g/mol. The molecule has 1 saturated heterocycles. The topological polar surface area (TPSA) is 62.2 Å². The molecule has 0 saturated carbocycles. The van der Waals surface area contributed by atoms with Crippen molar-refractivity contribution in [1.82, 2.24) is 4.98 Å². The van der Waals surface area contributed by atoms with Crippen LogP contribution in [0.3, 0.4) is 0 Å². The van der Waals surface area contributed by atoms with Crippen LogP contribution in [0.15, 0.2) is 42.6 Å². The van der Waals surface area contributed by atoms with Gasteiger partial charge in [-0.15, -0.1) is 0 Å². The summed E-state index contributed by atoms with van der Waals surface area (Å²) in [5.74, 6) is 1.15. The lowest BCUT2D eigenvalue weighted by Crippen LogP contribution is -2.12. The van der Waals surface area contributed by atoms with Crippen LogP contribution in [-0.2, 0) is 0 Å². The normalized spacial score (nSPS) is 14.9. The van der Waals surface area contributed by atoms with Gasteiger partial charge in [-0.2, -0.15) is 11.8 Å². The van der Waals surface area contributed by atoms with Crippen molar-refractivity contribution in [3.8, 4) is 0 Å². The molecule has 144 valence electrons. The molecule has 4 rings (SSSR count). The number of benzene rings is 2. The Hall–Kier alpha value is -2.60. The minimum absolute atomic E-state index is 0.200. The van der Waals surface area contributed by atoms with Gasteiger partial charge in [-0.05, 0) is 73.1 Å². The van der Waals surface area contributed by atoms with Crippen LogP contribution in [0, 0.1) is 12.7 Å². The van der Waals surface area contributed by atoms with Crippen molar-refractivity contribution in [3.63, 3.8) is 0 Å². The number of halogens is 1. The van der Waals surface area contributed by atoms with Crippen molar-refractivity contribution in [1.29, 1.82) is 0 Å². The van der Waals surface area contributed by atoms with Crippen LogP contribution < -0.4 is 5.32 Å². The van der Waals surface area contributed by atoms with E-state index in [0.29, 0.717) is 22.5 Å². The number of carboxylic acid groups (broad SMARTS) is 1. The number of thioether (sulfide) groups is 1. The fourth-order valence-corrected chi connectivity index (χ4v) is 4.82. The zero-order valence-electron chi connectivity index (χ0n) is 15.5. The van der Waals surface area contributed by atoms with Gasteiger partial charge in [-0.25, -0.2) is 9.18 Å². The number of pyridine rings is 1. The van der Waals surface area contributed by atoms with Crippen molar-refractivity contribution in [2.45, 2.75) is 25.7 Å². The number of aromatic nitrogens is 1. The maximum Gasteiger partial charge on any atom is 0.337 e. The molecule has 2 N–H and O–H groups in total. The third-order valence-corrected chi connectivity index (χ3v) is 6.23. The number of rotatable bonds is 4. The number of hydrogen-bond acceptors (Lipinski definition) is 4. The molecule has 0 bridgehead atoms. The van der Waals surface area contributed by atoms with E-state index in [1.54, 1.807) is 18.2 Å². The van der Waals surface area contributed by atoms with E-state index < -0.39 is 5.97 Å². The van der Waals surface area contributed by atoms with Gasteiger partial charge < -0.3 is 10.4 Å². The van der Waals surface area contributed by atoms with Gasteiger partial charge in [0, 0.05) is 11.6 Å². The van der Waals surface area contributed by atoms with Crippen LogP contribution >= 0.6 is 11.8 Å². The first kappa shape index (κ1) is 18.7. The number of aromatic carboxylic acids is 1. The maximum absolute atomic E-state index is 14.0. The molecular formula is C22H21FN2O2S. The largest absolute Gasteiger partial charge is 0.478 e. The Labute approximate surface area is 167 Å². The maximum atomic E-state index is 14.0. The van der Waals surface area contributed by atoms with Crippen molar-refractivity contribution in [2.75, 3.05) is 16.8 Å². The molecule has 1 aliphatic heterocycles. The molecule has 0 radical (unpaired) electrons. The minimum atomic E-state index is -0.994. The molecular weight excluding hydrogens is 375 g/mol. The fraction of sp³-hybridized carbons (Fsp3) is 0.273. The average molecular weight is 396 g/mol. The highest BCUT2D eigenvalue weighted by Gasteiger charge is 2.22. The number of carboxylic acids is 1. The molecule has 28 heavy (non-hydrogen) atoms. The number of carbonyl (C=O) groups is 1. The van der Waals surface area contributed by atoms with Gasteiger partial charge in [-0.1, -0.05) is 11.6 Å². The first-order valence-electron chi connectivity index (χ1n) is 9.30. The summed E-state index contributed by atoms with van der Waals surface area (Å²) in [6.07, 6.45) is 3.92. The molecule has 1 fully saturated rings. The summed E-state index contributed by atoms with van der Waals surface area (Å²) in [4.78, 5) is 16.3. The first-order chi connectivity index (χ1) is 13.5. The van der Waals surface area contributed by atoms with E-state index in [1.807, 2.05) is 30.9 Å². The van der Waals surface area contributed by atoms with Crippen molar-refractivity contribution >= 4 is 40.0 Å². The van der Waals surface area contributed by atoms with Crippen molar-refractivity contribution < 1.29 is 14.3 Å². The standard InChI is InChI=1S/C22H21FN2O2S/c1-13-2-4-20(17(10-13)22(26)27)25-21-16-11-15(23)3-5-19(16)24-12-18(21)14-6-8-28-9-7-14/h2-5,10-12,14H,6-9H2,1H3,(H,24,25)(H,26,27). The Morgan fingerprint density at radius 3 is 2.75 bits per heavy atom. The van der Waals surface area contributed by atoms with Crippen LogP contribution in [0.25, 0.3) is 10.9 Å². The van der Waals surface area contributed by atoms with E-state index in [4.69, 9.17) is 0 Å². The molecule has 1 aliphatic rings. The highest BCUT2D eigenvalue weighted by molar-refractivity contribution is 7.99. The zero-order chi connectivity index (χ0) is 19.7. The van der Waals surface area contributed by atoms with E-state index in [-0.39, 0.29) is 11.4 Å². The van der Waals surface area contributed by atoms with Crippen LogP contribution in [0.4, 0.5) is 15.8 Å². The fourth-order valence-electron chi connectivity index (χ4n) is 3.72. The van der Waals surface area contributed by atoms with E-state index in [0.717, 1.165) is 41.2 Å². The third-order valence-electron chi connectivity index (χ3n) is 5.19. The van der Waals surface area contributed by atoms with Gasteiger partial charge in [0.25, 0.3) is 0 Å². The number of nitrogens with one attached hydrogen (secondary N) is 1. The summed E-state index contributed by atoms with van der Waals surface area (Å²) in [5, 5.41) is 13.6. The summed E-state index contributed by atoms with van der Waals surface area (Å²) < 4.78 is 14.0. The Morgan fingerprint density at radius 2 is 2.00 bits per heavy atom. The third kappa shape index (κ3) is 3.69. The van der Waals surface area contributed by atoms with E-state index in [1.165, 1.54) is 12.1 Å². The Morgan fingerprint density at radius 1 is 1.21 bits per heavy atom. The van der Waals surface area contributed by atoms with Crippen LogP contribution in [0.1, 0.15) is 40.2 Å². The zero-order valence-corrected chi connectivity index (χ0v) is 16.4. The summed E-state index contributed by atoms with van der Waals surface area (Å²) in [6.45, 7) is 1.86. The number of nitrogens with zero attached hydrogens (tertiary/aromatic N) is 1. The van der Waals surface area contributed by atoms with Crippen LogP contribution in [0.5, 0.6) is 0 Å². The Kier molecular flexibility index (Phi) is 5.22. The van der Waals surface area contributed by atoms with E-state index in [9.17, 15) is 14.3 Å². The summed E-state index contributed by atoms with van der Waals surface area (Å²) >= 11 is 1.94. The summed E-state index contributed by atoms with van der Waals surface area (Å²) in [5.41, 5.74) is 4.04. The van der Waals surface area contributed by atoms with Gasteiger partial charge in [0.15, 0.2) is 0 Å². The molecule has 0 aliphatic carbocycles. The lowest BCUT2D eigenvalue weighted by Gasteiger charge is -2.25. The van der Waals surface area contributed by atoms with Gasteiger partial charge >= 0.3 is 5.97 Å². The van der Waals surface area contributed by atoms with Crippen molar-refractivity contribution in [2.24, 2.45) is 0 Å². The molecule has 0 unspecified atom stereocenters. The summed E-state index contributed by atoms with van der Waals surface area (Å²) in [7, 11) is 0.